The fourth-order valence-corrected chi connectivity index (χ4v) is 2.05. The minimum atomic E-state index is -0.331. The summed E-state index contributed by atoms with van der Waals surface area (Å²) in [5.41, 5.74) is 0.898. The average Bonchev–Trinajstić information content (AvgIpc) is 2.81. The Morgan fingerprint density at radius 3 is 2.56 bits per heavy atom. The summed E-state index contributed by atoms with van der Waals surface area (Å²) >= 11 is 11.9. The summed E-state index contributed by atoms with van der Waals surface area (Å²) in [6, 6.07) is 2.98. The lowest BCUT2D eigenvalue weighted by Crippen LogP contribution is -2.11. The van der Waals surface area contributed by atoms with E-state index in [1.807, 2.05) is 0 Å². The van der Waals surface area contributed by atoms with Gasteiger partial charge in [0.05, 0.1) is 29.0 Å². The number of nitrogens with one attached hydrogen (secondary N) is 2. The number of benzene rings is 1. The van der Waals surface area contributed by atoms with E-state index in [0.29, 0.717) is 17.0 Å². The van der Waals surface area contributed by atoms with Gasteiger partial charge in [0.2, 0.25) is 0 Å². The fraction of sp³-hybridized carbons (Fsp3) is 0.0909. The number of amides is 1. The number of aromatic amines is 1. The number of nitrogens with zero attached hydrogens (tertiary/aromatic N) is 1. The highest BCUT2D eigenvalue weighted by Gasteiger charge is 2.13. The van der Waals surface area contributed by atoms with E-state index in [1.54, 1.807) is 6.20 Å². The van der Waals surface area contributed by atoms with Gasteiger partial charge < -0.3 is 10.1 Å². The Balaban J connectivity index is 2.26. The quantitative estimate of drug-likeness (QED) is 0.911. The molecule has 2 rings (SSSR count). The summed E-state index contributed by atoms with van der Waals surface area (Å²) in [4.78, 5) is 11.9. The normalized spacial score (nSPS) is 10.2. The van der Waals surface area contributed by atoms with Crippen LogP contribution in [-0.4, -0.2) is 23.2 Å². The second-order valence-electron chi connectivity index (χ2n) is 3.41. The predicted octanol–water partition coefficient (Wildman–Crippen LogP) is 2.98. The highest BCUT2D eigenvalue weighted by molar-refractivity contribution is 6.37. The van der Waals surface area contributed by atoms with Crippen LogP contribution >= 0.6 is 23.2 Å². The molecule has 5 nitrogen and oxygen atoms in total. The molecule has 0 unspecified atom stereocenters. The summed E-state index contributed by atoms with van der Waals surface area (Å²) < 4.78 is 5.01. The summed E-state index contributed by atoms with van der Waals surface area (Å²) in [6.45, 7) is 0. The Hall–Kier alpha value is -1.72. The van der Waals surface area contributed by atoms with Crippen molar-refractivity contribution in [1.82, 2.24) is 10.2 Å². The van der Waals surface area contributed by atoms with Crippen LogP contribution in [0.3, 0.4) is 0 Å². The molecule has 0 aliphatic rings. The predicted molar refractivity (Wildman–Crippen MR) is 69.6 cm³/mol. The van der Waals surface area contributed by atoms with E-state index in [-0.39, 0.29) is 16.0 Å². The maximum absolute atomic E-state index is 11.9. The fourth-order valence-electron chi connectivity index (χ4n) is 1.41. The highest BCUT2D eigenvalue weighted by Crippen LogP contribution is 2.33. The van der Waals surface area contributed by atoms with Gasteiger partial charge in [0, 0.05) is 11.8 Å². The summed E-state index contributed by atoms with van der Waals surface area (Å²) in [7, 11) is 1.46. The lowest BCUT2D eigenvalue weighted by Gasteiger charge is -2.08. The molecule has 0 saturated heterocycles. The summed E-state index contributed by atoms with van der Waals surface area (Å²) in [5.74, 6) is 0.0149. The molecule has 1 amide bonds. The van der Waals surface area contributed by atoms with Gasteiger partial charge in [-0.3, -0.25) is 9.89 Å². The number of halogens is 2. The Bertz CT molecular complexity index is 547. The molecule has 1 aromatic carbocycles. The smallest absolute Gasteiger partial charge is 0.255 e. The minimum absolute atomic E-state index is 0.280. The largest absolute Gasteiger partial charge is 0.494 e. The van der Waals surface area contributed by atoms with Gasteiger partial charge in [-0.25, -0.2) is 0 Å². The molecular formula is C11H9Cl2N3O2. The molecule has 0 aliphatic carbocycles. The van der Waals surface area contributed by atoms with Crippen molar-refractivity contribution >= 4 is 34.8 Å². The standard InChI is InChI=1S/C11H9Cl2N3O2/c1-18-10-8(12)2-6(3-9(10)13)11(17)16-7-4-14-15-5-7/h2-5H,1H3,(H,14,15)(H,16,17). The molecular weight excluding hydrogens is 277 g/mol. The van der Waals surface area contributed by atoms with Crippen LogP contribution in [-0.2, 0) is 0 Å². The number of ether oxygens (including phenoxy) is 1. The zero-order chi connectivity index (χ0) is 13.1. The number of anilines is 1. The lowest BCUT2D eigenvalue weighted by molar-refractivity contribution is 0.102. The van der Waals surface area contributed by atoms with Crippen LogP contribution in [0.15, 0.2) is 24.5 Å². The minimum Gasteiger partial charge on any atom is -0.494 e. The first-order valence-electron chi connectivity index (χ1n) is 4.95. The van der Waals surface area contributed by atoms with Crippen molar-refractivity contribution in [1.29, 1.82) is 0 Å². The van der Waals surface area contributed by atoms with Crippen molar-refractivity contribution in [2.45, 2.75) is 0 Å². The van der Waals surface area contributed by atoms with E-state index in [0.717, 1.165) is 0 Å². The van der Waals surface area contributed by atoms with Crippen LogP contribution in [0, 0.1) is 0 Å². The molecule has 94 valence electrons. The van der Waals surface area contributed by atoms with Gasteiger partial charge in [-0.05, 0) is 12.1 Å². The summed E-state index contributed by atoms with van der Waals surface area (Å²) in [6.07, 6.45) is 3.05. The third-order valence-corrected chi connectivity index (χ3v) is 2.78. The van der Waals surface area contributed by atoms with Crippen molar-refractivity contribution < 1.29 is 9.53 Å². The molecule has 0 aliphatic heterocycles. The molecule has 0 saturated carbocycles. The Labute approximate surface area is 113 Å². The molecule has 7 heteroatoms. The van der Waals surface area contributed by atoms with Crippen LogP contribution < -0.4 is 10.1 Å². The molecule has 0 atom stereocenters. The topological polar surface area (TPSA) is 67.0 Å². The van der Waals surface area contributed by atoms with E-state index in [1.165, 1.54) is 25.4 Å². The van der Waals surface area contributed by atoms with Crippen molar-refractivity contribution in [2.75, 3.05) is 12.4 Å². The molecule has 0 bridgehead atoms. The Morgan fingerprint density at radius 2 is 2.06 bits per heavy atom. The van der Waals surface area contributed by atoms with Gasteiger partial charge in [0.25, 0.3) is 5.91 Å². The molecule has 2 N–H and O–H groups in total. The third kappa shape index (κ3) is 2.57. The maximum atomic E-state index is 11.9. The second-order valence-corrected chi connectivity index (χ2v) is 4.23. The number of hydrogen-bond acceptors (Lipinski definition) is 3. The number of hydrogen-bond donors (Lipinski definition) is 2. The molecule has 1 aromatic heterocycles. The number of carbonyl (C=O) groups is 1. The molecule has 2 aromatic rings. The van der Waals surface area contributed by atoms with Crippen molar-refractivity contribution in [3.05, 3.63) is 40.1 Å². The van der Waals surface area contributed by atoms with Crippen LogP contribution in [0.5, 0.6) is 5.75 Å². The molecule has 1 heterocycles. The van der Waals surface area contributed by atoms with Crippen LogP contribution in [0.2, 0.25) is 10.0 Å². The zero-order valence-electron chi connectivity index (χ0n) is 9.33. The van der Waals surface area contributed by atoms with E-state index in [9.17, 15) is 4.79 Å². The van der Waals surface area contributed by atoms with Crippen molar-refractivity contribution in [3.63, 3.8) is 0 Å². The molecule has 18 heavy (non-hydrogen) atoms. The van der Waals surface area contributed by atoms with E-state index in [2.05, 4.69) is 15.5 Å². The van der Waals surface area contributed by atoms with Gasteiger partial charge in [-0.1, -0.05) is 23.2 Å². The monoisotopic (exact) mass is 285 g/mol. The molecule has 0 fully saturated rings. The van der Waals surface area contributed by atoms with Gasteiger partial charge in [-0.15, -0.1) is 0 Å². The number of carbonyl (C=O) groups excluding carboxylic acids is 1. The van der Waals surface area contributed by atoms with Crippen molar-refractivity contribution in [3.8, 4) is 5.75 Å². The number of methoxy groups -OCH3 is 1. The number of H-pyrrole nitrogens is 1. The highest BCUT2D eigenvalue weighted by atomic mass is 35.5. The van der Waals surface area contributed by atoms with Gasteiger partial charge in [-0.2, -0.15) is 5.10 Å². The van der Waals surface area contributed by atoms with Crippen LogP contribution in [0.1, 0.15) is 10.4 Å². The van der Waals surface area contributed by atoms with Gasteiger partial charge in [0.15, 0.2) is 5.75 Å². The molecule has 0 spiro atoms. The van der Waals surface area contributed by atoms with Crippen molar-refractivity contribution in [2.24, 2.45) is 0 Å². The summed E-state index contributed by atoms with van der Waals surface area (Å²) in [5, 5.41) is 9.51. The zero-order valence-corrected chi connectivity index (χ0v) is 10.8. The SMILES string of the molecule is COc1c(Cl)cc(C(=O)Nc2cn[nH]c2)cc1Cl. The van der Waals surface area contributed by atoms with Gasteiger partial charge >= 0.3 is 0 Å². The second kappa shape index (κ2) is 5.29. The third-order valence-electron chi connectivity index (χ3n) is 2.22. The first-order chi connectivity index (χ1) is 8.61. The number of aromatic nitrogens is 2. The van der Waals surface area contributed by atoms with E-state index >= 15 is 0 Å². The maximum Gasteiger partial charge on any atom is 0.255 e. The van der Waals surface area contributed by atoms with Crippen LogP contribution in [0.25, 0.3) is 0 Å². The van der Waals surface area contributed by atoms with Crippen LogP contribution in [0.4, 0.5) is 5.69 Å². The first-order valence-corrected chi connectivity index (χ1v) is 5.70. The van der Waals surface area contributed by atoms with E-state index < -0.39 is 0 Å². The molecule has 0 radical (unpaired) electrons. The van der Waals surface area contributed by atoms with Gasteiger partial charge in [0.1, 0.15) is 0 Å². The number of rotatable bonds is 3. The first kappa shape index (κ1) is 12.7. The lowest BCUT2D eigenvalue weighted by atomic mass is 10.2. The Kier molecular flexibility index (Phi) is 3.74. The van der Waals surface area contributed by atoms with E-state index in [4.69, 9.17) is 27.9 Å². The Morgan fingerprint density at radius 1 is 1.39 bits per heavy atom. The average molecular weight is 286 g/mol.